The van der Waals surface area contributed by atoms with Crippen LogP contribution in [-0.2, 0) is 34.9 Å². The summed E-state index contributed by atoms with van der Waals surface area (Å²) in [4.78, 5) is 31.2. The number of halogens is 2. The first kappa shape index (κ1) is 33.8. The summed E-state index contributed by atoms with van der Waals surface area (Å²) >= 11 is 0. The number of ether oxygens (including phenoxy) is 3. The topological polar surface area (TPSA) is 110 Å². The molecule has 2 saturated heterocycles. The van der Waals surface area contributed by atoms with Crippen molar-refractivity contribution in [2.75, 3.05) is 19.9 Å². The first-order valence-corrected chi connectivity index (χ1v) is 15.4. The Bertz CT molecular complexity index is 1600. The second-order valence-corrected chi connectivity index (χ2v) is 13.9. The molecule has 0 bridgehead atoms. The van der Waals surface area contributed by atoms with Gasteiger partial charge in [0.25, 0.3) is 0 Å². The molecule has 2 aliphatic rings. The molecule has 2 aliphatic heterocycles. The van der Waals surface area contributed by atoms with Crippen LogP contribution in [0.25, 0.3) is 22.6 Å². The average molecular weight is 643 g/mol. The van der Waals surface area contributed by atoms with Gasteiger partial charge in [0.05, 0.1) is 22.5 Å². The molecule has 0 spiro atoms. The van der Waals surface area contributed by atoms with Crippen LogP contribution in [0.3, 0.4) is 0 Å². The molecule has 13 heteroatoms. The van der Waals surface area contributed by atoms with Crippen molar-refractivity contribution < 1.29 is 46.3 Å². The van der Waals surface area contributed by atoms with E-state index in [9.17, 15) is 18.4 Å². The number of aromatic nitrogens is 1. The van der Waals surface area contributed by atoms with Gasteiger partial charge in [-0.25, -0.2) is 4.98 Å². The summed E-state index contributed by atoms with van der Waals surface area (Å²) in [6.45, 7) is 12.6. The van der Waals surface area contributed by atoms with E-state index in [1.807, 2.05) is 57.7 Å². The zero-order chi connectivity index (χ0) is 33.6. The van der Waals surface area contributed by atoms with Crippen molar-refractivity contribution in [3.05, 3.63) is 41.5 Å². The van der Waals surface area contributed by atoms with E-state index in [1.54, 1.807) is 26.8 Å². The number of oxazole rings is 1. The van der Waals surface area contributed by atoms with Gasteiger partial charge in [-0.05, 0) is 91.5 Å². The molecule has 5 rings (SSSR count). The van der Waals surface area contributed by atoms with Crippen LogP contribution >= 0.6 is 0 Å². The van der Waals surface area contributed by atoms with E-state index < -0.39 is 55.0 Å². The fraction of sp³-hybridized carbons (Fsp3) is 0.545. The Hall–Kier alpha value is -3.55. The second kappa shape index (κ2) is 12.6. The molecule has 3 aromatic rings. The highest BCUT2D eigenvalue weighted by molar-refractivity contribution is 6.62. The number of hydrogen-bond acceptors (Lipinski definition) is 10. The molecule has 1 atom stereocenters. The molecular formula is C33H41BF2N2O8. The molecule has 2 fully saturated rings. The number of nitrogens with zero attached hydrogens (tertiary/aromatic N) is 2. The smallest absolute Gasteiger partial charge is 0.436 e. The Balaban J connectivity index is 1.33. The van der Waals surface area contributed by atoms with E-state index in [2.05, 4.69) is 0 Å². The van der Waals surface area contributed by atoms with Gasteiger partial charge in [0, 0.05) is 30.3 Å². The summed E-state index contributed by atoms with van der Waals surface area (Å²) in [6.07, 6.45) is 0.506. The number of carbonyl (C=O) groups is 2. The highest BCUT2D eigenvalue weighted by Crippen LogP contribution is 2.38. The number of hydrogen-bond donors (Lipinski definition) is 0. The summed E-state index contributed by atoms with van der Waals surface area (Å²) in [7, 11) is -0.577. The molecule has 0 aliphatic carbocycles. The van der Waals surface area contributed by atoms with E-state index in [1.165, 1.54) is 6.07 Å². The van der Waals surface area contributed by atoms with Crippen molar-refractivity contribution in [2.45, 2.75) is 86.2 Å². The minimum atomic E-state index is -3.05. The number of rotatable bonds is 9. The highest BCUT2D eigenvalue weighted by Gasteiger charge is 2.52. The van der Waals surface area contributed by atoms with E-state index in [0.717, 1.165) is 16.6 Å². The lowest BCUT2D eigenvalue weighted by Crippen LogP contribution is -2.41. The number of esters is 2. The maximum absolute atomic E-state index is 13.5. The summed E-state index contributed by atoms with van der Waals surface area (Å²) in [5.41, 5.74) is 1.94. The van der Waals surface area contributed by atoms with E-state index in [4.69, 9.17) is 32.9 Å². The standard InChI is InChI=1S/C33H41BF2N2O8/c1-19-22(10-9-11-23(19)34-45-32(5,6)33(7,8)46-34)27-37-24-14-21(25(44-30(35)36)15-26(24)43-27)17-38-13-12-20(16-38)28(39)41-18-42-29(40)31(2,3)4/h9-11,14-15,20,30H,12-13,16-18H2,1-8H3. The third-order valence-corrected chi connectivity index (χ3v) is 8.90. The van der Waals surface area contributed by atoms with Gasteiger partial charge in [-0.1, -0.05) is 12.1 Å². The van der Waals surface area contributed by atoms with Crippen LogP contribution in [0.2, 0.25) is 0 Å². The summed E-state index contributed by atoms with van der Waals surface area (Å²) in [5.74, 6) is -1.12. The molecule has 0 amide bonds. The Morgan fingerprint density at radius 3 is 2.46 bits per heavy atom. The lowest BCUT2D eigenvalue weighted by Gasteiger charge is -2.32. The van der Waals surface area contributed by atoms with Crippen molar-refractivity contribution in [2.24, 2.45) is 11.3 Å². The van der Waals surface area contributed by atoms with Crippen LogP contribution in [0, 0.1) is 18.3 Å². The monoisotopic (exact) mass is 642 g/mol. The van der Waals surface area contributed by atoms with Gasteiger partial charge in [0.15, 0.2) is 5.58 Å². The van der Waals surface area contributed by atoms with Crippen molar-refractivity contribution in [3.8, 4) is 17.2 Å². The summed E-state index contributed by atoms with van der Waals surface area (Å²) in [6, 6.07) is 8.78. The van der Waals surface area contributed by atoms with Crippen LogP contribution in [0.4, 0.5) is 8.78 Å². The zero-order valence-corrected chi connectivity index (χ0v) is 27.6. The van der Waals surface area contributed by atoms with Crippen molar-refractivity contribution in [1.29, 1.82) is 0 Å². The van der Waals surface area contributed by atoms with Crippen LogP contribution in [0.1, 0.15) is 66.0 Å². The highest BCUT2D eigenvalue weighted by atomic mass is 19.3. The van der Waals surface area contributed by atoms with Crippen LogP contribution < -0.4 is 10.2 Å². The molecule has 3 heterocycles. The molecular weight excluding hydrogens is 601 g/mol. The SMILES string of the molecule is Cc1c(B2OC(C)(C)C(C)(C)O2)cccc1-c1nc2cc(CN3CCC(C(=O)OCOC(=O)C(C)(C)C)C3)c(OC(F)F)cc2o1. The normalized spacial score (nSPS) is 19.6. The fourth-order valence-electron chi connectivity index (χ4n) is 5.44. The molecule has 0 N–H and O–H groups in total. The lowest BCUT2D eigenvalue weighted by molar-refractivity contribution is -0.175. The Morgan fingerprint density at radius 2 is 1.80 bits per heavy atom. The first-order valence-electron chi connectivity index (χ1n) is 15.4. The minimum absolute atomic E-state index is 0.0342. The molecule has 2 aromatic carbocycles. The van der Waals surface area contributed by atoms with Crippen LogP contribution in [0.5, 0.6) is 5.75 Å². The predicted octanol–water partition coefficient (Wildman–Crippen LogP) is 5.62. The molecule has 1 aromatic heterocycles. The number of benzene rings is 2. The molecule has 0 saturated carbocycles. The Kier molecular flexibility index (Phi) is 9.24. The van der Waals surface area contributed by atoms with E-state index in [-0.39, 0.29) is 12.3 Å². The second-order valence-electron chi connectivity index (χ2n) is 13.9. The maximum Gasteiger partial charge on any atom is 0.495 e. The molecule has 0 radical (unpaired) electrons. The molecule has 248 valence electrons. The van der Waals surface area contributed by atoms with Gasteiger partial charge in [-0.15, -0.1) is 0 Å². The van der Waals surface area contributed by atoms with Gasteiger partial charge in [0.1, 0.15) is 11.3 Å². The molecule has 10 nitrogen and oxygen atoms in total. The van der Waals surface area contributed by atoms with Crippen LogP contribution in [0.15, 0.2) is 34.7 Å². The largest absolute Gasteiger partial charge is 0.495 e. The Morgan fingerprint density at radius 1 is 1.11 bits per heavy atom. The first-order chi connectivity index (χ1) is 21.4. The van der Waals surface area contributed by atoms with E-state index >= 15 is 0 Å². The van der Waals surface area contributed by atoms with Crippen LogP contribution in [-0.4, -0.2) is 66.6 Å². The zero-order valence-electron chi connectivity index (χ0n) is 27.6. The van der Waals surface area contributed by atoms with Gasteiger partial charge in [-0.3, -0.25) is 14.5 Å². The van der Waals surface area contributed by atoms with Gasteiger partial charge >= 0.3 is 25.7 Å². The summed E-state index contributed by atoms with van der Waals surface area (Å²) < 4.78 is 60.6. The van der Waals surface area contributed by atoms with Gasteiger partial charge < -0.3 is 27.9 Å². The van der Waals surface area contributed by atoms with Crippen molar-refractivity contribution >= 4 is 35.6 Å². The van der Waals surface area contributed by atoms with Crippen molar-refractivity contribution in [1.82, 2.24) is 9.88 Å². The third-order valence-electron chi connectivity index (χ3n) is 8.90. The molecule has 1 unspecified atom stereocenters. The number of carbonyl (C=O) groups excluding carboxylic acids is 2. The quantitative estimate of drug-likeness (QED) is 0.166. The lowest BCUT2D eigenvalue weighted by atomic mass is 9.75. The number of fused-ring (bicyclic) bond motifs is 1. The van der Waals surface area contributed by atoms with E-state index in [0.29, 0.717) is 42.1 Å². The van der Waals surface area contributed by atoms with Gasteiger partial charge in [-0.2, -0.15) is 8.78 Å². The fourth-order valence-corrected chi connectivity index (χ4v) is 5.44. The average Bonchev–Trinajstić information content (AvgIpc) is 3.63. The predicted molar refractivity (Wildman–Crippen MR) is 166 cm³/mol. The van der Waals surface area contributed by atoms with Gasteiger partial charge in [0.2, 0.25) is 12.7 Å². The summed E-state index contributed by atoms with van der Waals surface area (Å²) in [5, 5.41) is 0. The number of alkyl halides is 2. The Labute approximate surface area is 267 Å². The third kappa shape index (κ3) is 7.06. The van der Waals surface area contributed by atoms with Crippen molar-refractivity contribution in [3.63, 3.8) is 0 Å². The molecule has 46 heavy (non-hydrogen) atoms. The number of likely N-dealkylation sites (tertiary alicyclic amines) is 1. The minimum Gasteiger partial charge on any atom is -0.436 e. The maximum atomic E-state index is 13.5.